The number of ether oxygens (including phenoxy) is 1. The lowest BCUT2D eigenvalue weighted by atomic mass is 10.1. The minimum Gasteiger partial charge on any atom is -0.488 e. The summed E-state index contributed by atoms with van der Waals surface area (Å²) in [4.78, 5) is 44.6. The van der Waals surface area contributed by atoms with E-state index in [1.54, 1.807) is 17.2 Å². The van der Waals surface area contributed by atoms with E-state index in [0.29, 0.717) is 25.0 Å². The van der Waals surface area contributed by atoms with Gasteiger partial charge < -0.3 is 20.1 Å². The Morgan fingerprint density at radius 1 is 1.14 bits per heavy atom. The van der Waals surface area contributed by atoms with Gasteiger partial charge in [-0.2, -0.15) is 0 Å². The van der Waals surface area contributed by atoms with Gasteiger partial charge >= 0.3 is 5.97 Å². The molecule has 0 radical (unpaired) electrons. The molecule has 3 aliphatic rings. The molecule has 2 N–H and O–H groups in total. The SMILES string of the molecule is O=C1N[C@]2(C(=O)O)C[C@H]2/C=C\CCCCCCC(=O)N2C[C@H](Oc3ccnc4ccccc34)C[C@@H]12. The van der Waals surface area contributed by atoms with Gasteiger partial charge in [-0.25, -0.2) is 4.79 Å². The lowest BCUT2D eigenvalue weighted by Crippen LogP contribution is -2.53. The maximum Gasteiger partial charge on any atom is 0.330 e. The van der Waals surface area contributed by atoms with Crippen LogP contribution in [0.2, 0.25) is 0 Å². The number of pyridine rings is 1. The molecule has 8 heteroatoms. The Hall–Kier alpha value is -3.42. The summed E-state index contributed by atoms with van der Waals surface area (Å²) in [6, 6.07) is 8.70. The number of aromatic nitrogens is 1. The maximum atomic E-state index is 13.4. The largest absolute Gasteiger partial charge is 0.488 e. The van der Waals surface area contributed by atoms with Crippen LogP contribution in [0.25, 0.3) is 10.9 Å². The molecule has 1 aliphatic carbocycles. The fourth-order valence-electron chi connectivity index (χ4n) is 5.32. The molecule has 4 atom stereocenters. The summed E-state index contributed by atoms with van der Waals surface area (Å²) in [7, 11) is 0. The summed E-state index contributed by atoms with van der Waals surface area (Å²) >= 11 is 0. The Bertz CT molecular complexity index is 1160. The van der Waals surface area contributed by atoms with Crippen LogP contribution in [-0.4, -0.2) is 57.0 Å². The second-order valence-corrected chi connectivity index (χ2v) is 9.82. The summed E-state index contributed by atoms with van der Waals surface area (Å²) < 4.78 is 6.30. The van der Waals surface area contributed by atoms with Crippen LogP contribution < -0.4 is 10.1 Å². The smallest absolute Gasteiger partial charge is 0.330 e. The van der Waals surface area contributed by atoms with Gasteiger partial charge in [0.1, 0.15) is 23.4 Å². The van der Waals surface area contributed by atoms with Crippen LogP contribution in [-0.2, 0) is 14.4 Å². The number of allylic oxidation sites excluding steroid dienone is 1. The summed E-state index contributed by atoms with van der Waals surface area (Å²) in [5, 5.41) is 13.5. The number of fused-ring (bicyclic) bond motifs is 3. The summed E-state index contributed by atoms with van der Waals surface area (Å²) in [5.74, 6) is -1.10. The van der Waals surface area contributed by atoms with Gasteiger partial charge in [-0.3, -0.25) is 14.6 Å². The molecule has 0 spiro atoms. The number of amides is 2. The van der Waals surface area contributed by atoms with Crippen molar-refractivity contribution in [1.82, 2.24) is 15.2 Å². The highest BCUT2D eigenvalue weighted by molar-refractivity contribution is 5.95. The number of nitrogens with one attached hydrogen (secondary N) is 1. The van der Waals surface area contributed by atoms with E-state index in [1.165, 1.54) is 0 Å². The first kappa shape index (κ1) is 23.3. The highest BCUT2D eigenvalue weighted by Gasteiger charge is 2.61. The number of hydrogen-bond donors (Lipinski definition) is 2. The van der Waals surface area contributed by atoms with Crippen LogP contribution in [0.3, 0.4) is 0 Å². The van der Waals surface area contributed by atoms with Gasteiger partial charge in [0.25, 0.3) is 0 Å². The zero-order chi connectivity index (χ0) is 24.4. The fourth-order valence-corrected chi connectivity index (χ4v) is 5.32. The first-order valence-corrected chi connectivity index (χ1v) is 12.5. The molecule has 1 saturated heterocycles. The Balaban J connectivity index is 1.38. The van der Waals surface area contributed by atoms with E-state index < -0.39 is 23.5 Å². The van der Waals surface area contributed by atoms with Crippen molar-refractivity contribution >= 4 is 28.7 Å². The van der Waals surface area contributed by atoms with Crippen molar-refractivity contribution in [2.75, 3.05) is 6.54 Å². The first-order valence-electron chi connectivity index (χ1n) is 12.5. The van der Waals surface area contributed by atoms with Gasteiger partial charge in [0, 0.05) is 30.3 Å². The Labute approximate surface area is 204 Å². The highest BCUT2D eigenvalue weighted by Crippen LogP contribution is 2.45. The van der Waals surface area contributed by atoms with E-state index in [-0.39, 0.29) is 24.5 Å². The van der Waals surface area contributed by atoms with Gasteiger partial charge in [-0.1, -0.05) is 37.1 Å². The number of carboxylic acid groups (broad SMARTS) is 1. The molecule has 1 saturated carbocycles. The second-order valence-electron chi connectivity index (χ2n) is 9.82. The third kappa shape index (κ3) is 4.74. The number of aliphatic carboxylic acids is 1. The van der Waals surface area contributed by atoms with Gasteiger partial charge in [-0.05, 0) is 43.9 Å². The number of para-hydroxylation sites is 1. The van der Waals surface area contributed by atoms with E-state index in [9.17, 15) is 19.5 Å². The molecule has 0 bridgehead atoms. The van der Waals surface area contributed by atoms with Gasteiger partial charge in [0.05, 0.1) is 12.1 Å². The lowest BCUT2D eigenvalue weighted by molar-refractivity contribution is -0.145. The number of carbonyl (C=O) groups is 3. The number of rotatable bonds is 3. The van der Waals surface area contributed by atoms with Crippen LogP contribution in [0, 0.1) is 5.92 Å². The Kier molecular flexibility index (Phi) is 6.45. The first-order chi connectivity index (χ1) is 17.0. The summed E-state index contributed by atoms with van der Waals surface area (Å²) in [5.41, 5.74) is -0.481. The van der Waals surface area contributed by atoms with E-state index in [2.05, 4.69) is 10.3 Å². The van der Waals surface area contributed by atoms with E-state index in [0.717, 1.165) is 43.0 Å². The highest BCUT2D eigenvalue weighted by atomic mass is 16.5. The maximum absolute atomic E-state index is 13.4. The van der Waals surface area contributed by atoms with E-state index in [1.807, 2.05) is 36.4 Å². The molecule has 2 amide bonds. The molecule has 2 fully saturated rings. The fraction of sp³-hybridized carbons (Fsp3) is 0.481. The minimum absolute atomic E-state index is 0.0828. The van der Waals surface area contributed by atoms with Gasteiger partial charge in [-0.15, -0.1) is 0 Å². The topological polar surface area (TPSA) is 109 Å². The van der Waals surface area contributed by atoms with Crippen molar-refractivity contribution in [2.45, 2.75) is 69.1 Å². The van der Waals surface area contributed by atoms with Crippen molar-refractivity contribution in [3.05, 3.63) is 48.7 Å². The van der Waals surface area contributed by atoms with Crippen LogP contribution in [0.5, 0.6) is 5.75 Å². The van der Waals surface area contributed by atoms with E-state index in [4.69, 9.17) is 4.74 Å². The van der Waals surface area contributed by atoms with E-state index >= 15 is 0 Å². The minimum atomic E-state index is -1.29. The number of benzene rings is 1. The number of nitrogens with zero attached hydrogens (tertiary/aromatic N) is 2. The van der Waals surface area contributed by atoms with Gasteiger partial charge in [0.15, 0.2) is 0 Å². The van der Waals surface area contributed by atoms with Crippen LogP contribution in [0.4, 0.5) is 0 Å². The normalized spacial score (nSPS) is 30.4. The monoisotopic (exact) mass is 477 g/mol. The zero-order valence-electron chi connectivity index (χ0n) is 19.7. The molecule has 0 unspecified atom stereocenters. The third-order valence-electron chi connectivity index (χ3n) is 7.41. The predicted molar refractivity (Wildman–Crippen MR) is 130 cm³/mol. The van der Waals surface area contributed by atoms with Crippen molar-refractivity contribution in [2.24, 2.45) is 5.92 Å². The molecule has 1 aromatic carbocycles. The number of carbonyl (C=O) groups excluding carboxylic acids is 2. The molecule has 2 aromatic rings. The van der Waals surface area contributed by atoms with Crippen molar-refractivity contribution in [3.8, 4) is 5.75 Å². The molecule has 184 valence electrons. The summed E-state index contributed by atoms with van der Waals surface area (Å²) in [6.07, 6.45) is 10.9. The average Bonchev–Trinajstić information content (AvgIpc) is 3.38. The van der Waals surface area contributed by atoms with Crippen LogP contribution >= 0.6 is 0 Å². The molecular weight excluding hydrogens is 446 g/mol. The Morgan fingerprint density at radius 3 is 2.83 bits per heavy atom. The second kappa shape index (κ2) is 9.68. The predicted octanol–water partition coefficient (Wildman–Crippen LogP) is 3.45. The van der Waals surface area contributed by atoms with Crippen molar-refractivity contribution in [3.63, 3.8) is 0 Å². The van der Waals surface area contributed by atoms with Crippen molar-refractivity contribution < 1.29 is 24.2 Å². The molecule has 5 rings (SSSR count). The quantitative estimate of drug-likeness (QED) is 0.656. The van der Waals surface area contributed by atoms with Crippen LogP contribution in [0.15, 0.2) is 48.7 Å². The standard InChI is InChI=1S/C27H31N3O5/c31-24-12-6-4-2-1-3-5-9-18-16-27(18,26(33)34)29-25(32)22-15-19(17-30(22)24)35-23-13-14-28-21-11-8-7-10-20(21)23/h5,7-11,13-14,18-19,22H,1-4,6,12,15-17H2,(H,29,32)(H,33,34)/b9-5-/t18-,19-,22+,27-/m1/s1. The molecule has 8 nitrogen and oxygen atoms in total. The molecular formula is C27H31N3O5. The third-order valence-corrected chi connectivity index (χ3v) is 7.41. The number of hydrogen-bond acceptors (Lipinski definition) is 5. The van der Waals surface area contributed by atoms with Crippen LogP contribution in [0.1, 0.15) is 51.4 Å². The lowest BCUT2D eigenvalue weighted by Gasteiger charge is -2.25. The average molecular weight is 478 g/mol. The number of carboxylic acids is 1. The molecule has 3 heterocycles. The zero-order valence-corrected chi connectivity index (χ0v) is 19.7. The van der Waals surface area contributed by atoms with Crippen molar-refractivity contribution in [1.29, 1.82) is 0 Å². The Morgan fingerprint density at radius 2 is 1.97 bits per heavy atom. The molecule has 1 aromatic heterocycles. The molecule has 35 heavy (non-hydrogen) atoms. The molecule has 2 aliphatic heterocycles. The van der Waals surface area contributed by atoms with Gasteiger partial charge in [0.2, 0.25) is 11.8 Å². The summed E-state index contributed by atoms with van der Waals surface area (Å²) in [6.45, 7) is 0.289.